The number of amides is 1. The average Bonchev–Trinajstić information content (AvgIpc) is 2.92. The maximum atomic E-state index is 11.8. The van der Waals surface area contributed by atoms with Crippen molar-refractivity contribution in [3.63, 3.8) is 0 Å². The van der Waals surface area contributed by atoms with E-state index in [1.54, 1.807) is 0 Å². The van der Waals surface area contributed by atoms with Crippen LogP contribution in [0.25, 0.3) is 0 Å². The number of nitrogens with two attached hydrogens (primary N) is 1. The Balaban J connectivity index is 2.35. The smallest absolute Gasteiger partial charge is 0.248 e. The third-order valence-electron chi connectivity index (χ3n) is 2.31. The van der Waals surface area contributed by atoms with E-state index in [1.165, 1.54) is 0 Å². The number of carbonyl (C=O) groups is 1. The number of carbonyl (C=O) groups excluding carboxylic acids is 1. The Morgan fingerprint density at radius 3 is 2.47 bits per heavy atom. The van der Waals surface area contributed by atoms with E-state index in [2.05, 4.69) is 0 Å². The van der Waals surface area contributed by atoms with Gasteiger partial charge in [0.1, 0.15) is 6.61 Å². The van der Waals surface area contributed by atoms with E-state index in [0.717, 1.165) is 12.8 Å². The first-order valence-corrected chi connectivity index (χ1v) is 5.57. The summed E-state index contributed by atoms with van der Waals surface area (Å²) in [5.74, 6) is 0.0675. The first-order chi connectivity index (χ1) is 6.94. The molecule has 1 rings (SSSR count). The van der Waals surface area contributed by atoms with Gasteiger partial charge in [-0.3, -0.25) is 4.79 Å². The Bertz CT molecular complexity index is 219. The van der Waals surface area contributed by atoms with E-state index in [-0.39, 0.29) is 18.1 Å². The van der Waals surface area contributed by atoms with E-state index >= 15 is 0 Å². The molecule has 1 amide bonds. The number of hydrogen-bond acceptors (Lipinski definition) is 3. The fourth-order valence-electron chi connectivity index (χ4n) is 1.40. The number of ether oxygens (including phenoxy) is 1. The topological polar surface area (TPSA) is 55.6 Å². The van der Waals surface area contributed by atoms with Crippen LogP contribution in [0.5, 0.6) is 0 Å². The zero-order chi connectivity index (χ0) is 11.5. The summed E-state index contributed by atoms with van der Waals surface area (Å²) in [6.07, 6.45) is 2.22. The van der Waals surface area contributed by atoms with E-state index in [9.17, 15) is 4.79 Å². The molecule has 4 nitrogen and oxygen atoms in total. The summed E-state index contributed by atoms with van der Waals surface area (Å²) in [6, 6.07) is 0.421. The molecule has 1 fully saturated rings. The van der Waals surface area contributed by atoms with Crippen molar-refractivity contribution in [3.8, 4) is 0 Å². The highest BCUT2D eigenvalue weighted by molar-refractivity contribution is 5.78. The highest BCUT2D eigenvalue weighted by atomic mass is 16.5. The SMILES string of the molecule is CC(C)(C)OCC(=O)N(CCN)C1CC1. The van der Waals surface area contributed by atoms with Gasteiger partial charge in [-0.25, -0.2) is 0 Å². The lowest BCUT2D eigenvalue weighted by Gasteiger charge is -2.25. The highest BCUT2D eigenvalue weighted by Crippen LogP contribution is 2.26. The van der Waals surface area contributed by atoms with Gasteiger partial charge in [0.05, 0.1) is 5.60 Å². The fraction of sp³-hybridized carbons (Fsp3) is 0.909. The minimum atomic E-state index is -0.256. The van der Waals surface area contributed by atoms with Crippen LogP contribution in [0, 0.1) is 0 Å². The van der Waals surface area contributed by atoms with Gasteiger partial charge in [-0.05, 0) is 33.6 Å². The predicted octanol–water partition coefficient (Wildman–Crippen LogP) is 0.751. The van der Waals surface area contributed by atoms with Crippen molar-refractivity contribution in [2.24, 2.45) is 5.73 Å². The standard InChI is InChI=1S/C11H22N2O2/c1-11(2,3)15-8-10(14)13(7-6-12)9-4-5-9/h9H,4-8,12H2,1-3H3. The summed E-state index contributed by atoms with van der Waals surface area (Å²) in [6.45, 7) is 7.19. The largest absolute Gasteiger partial charge is 0.366 e. The molecule has 0 radical (unpaired) electrons. The van der Waals surface area contributed by atoms with Gasteiger partial charge in [0, 0.05) is 19.1 Å². The van der Waals surface area contributed by atoms with Crippen LogP contribution in [0.4, 0.5) is 0 Å². The van der Waals surface area contributed by atoms with Crippen molar-refractivity contribution in [2.75, 3.05) is 19.7 Å². The molecule has 0 spiro atoms. The molecule has 0 aromatic heterocycles. The van der Waals surface area contributed by atoms with Crippen LogP contribution in [0.3, 0.4) is 0 Å². The van der Waals surface area contributed by atoms with Crippen molar-refractivity contribution in [1.82, 2.24) is 4.90 Å². The molecule has 1 saturated carbocycles. The summed E-state index contributed by atoms with van der Waals surface area (Å²) >= 11 is 0. The quantitative estimate of drug-likeness (QED) is 0.735. The van der Waals surface area contributed by atoms with Gasteiger partial charge in [0.2, 0.25) is 5.91 Å². The second-order valence-corrected chi connectivity index (χ2v) is 5.01. The summed E-state index contributed by atoms with van der Waals surface area (Å²) in [5.41, 5.74) is 5.22. The zero-order valence-corrected chi connectivity index (χ0v) is 9.95. The molecule has 0 aromatic carbocycles. The zero-order valence-electron chi connectivity index (χ0n) is 9.95. The van der Waals surface area contributed by atoms with E-state index < -0.39 is 0 Å². The molecular weight excluding hydrogens is 192 g/mol. The van der Waals surface area contributed by atoms with Crippen LogP contribution in [0.1, 0.15) is 33.6 Å². The Labute approximate surface area is 91.8 Å². The van der Waals surface area contributed by atoms with Gasteiger partial charge < -0.3 is 15.4 Å². The predicted molar refractivity (Wildman–Crippen MR) is 59.5 cm³/mol. The number of rotatable bonds is 5. The van der Waals surface area contributed by atoms with Gasteiger partial charge in [-0.1, -0.05) is 0 Å². The second-order valence-electron chi connectivity index (χ2n) is 5.01. The highest BCUT2D eigenvalue weighted by Gasteiger charge is 2.32. The molecule has 1 aliphatic carbocycles. The Morgan fingerprint density at radius 2 is 2.07 bits per heavy atom. The van der Waals surface area contributed by atoms with Gasteiger partial charge >= 0.3 is 0 Å². The van der Waals surface area contributed by atoms with Crippen molar-refractivity contribution in [3.05, 3.63) is 0 Å². The molecular formula is C11H22N2O2. The molecule has 0 aliphatic heterocycles. The van der Waals surface area contributed by atoms with Crippen LogP contribution in [0.2, 0.25) is 0 Å². The Hall–Kier alpha value is -0.610. The maximum absolute atomic E-state index is 11.8. The van der Waals surface area contributed by atoms with Crippen LogP contribution < -0.4 is 5.73 Å². The molecule has 88 valence electrons. The molecule has 2 N–H and O–H groups in total. The monoisotopic (exact) mass is 214 g/mol. The molecule has 4 heteroatoms. The van der Waals surface area contributed by atoms with Gasteiger partial charge in [0.15, 0.2) is 0 Å². The molecule has 0 heterocycles. The van der Waals surface area contributed by atoms with E-state index in [0.29, 0.717) is 19.1 Å². The third-order valence-corrected chi connectivity index (χ3v) is 2.31. The minimum Gasteiger partial charge on any atom is -0.366 e. The van der Waals surface area contributed by atoms with Crippen molar-refractivity contribution >= 4 is 5.91 Å². The van der Waals surface area contributed by atoms with Crippen LogP contribution >= 0.6 is 0 Å². The van der Waals surface area contributed by atoms with Crippen molar-refractivity contribution in [1.29, 1.82) is 0 Å². The molecule has 0 unspecified atom stereocenters. The normalized spacial score (nSPS) is 16.5. The summed E-state index contributed by atoms with van der Waals surface area (Å²) < 4.78 is 5.46. The number of hydrogen-bond donors (Lipinski definition) is 1. The van der Waals surface area contributed by atoms with Crippen LogP contribution in [-0.4, -0.2) is 42.1 Å². The third kappa shape index (κ3) is 4.62. The van der Waals surface area contributed by atoms with E-state index in [1.807, 2.05) is 25.7 Å². The van der Waals surface area contributed by atoms with E-state index in [4.69, 9.17) is 10.5 Å². The maximum Gasteiger partial charge on any atom is 0.248 e. The molecule has 0 bridgehead atoms. The lowest BCUT2D eigenvalue weighted by atomic mass is 10.2. The summed E-state index contributed by atoms with van der Waals surface area (Å²) in [5, 5.41) is 0. The summed E-state index contributed by atoms with van der Waals surface area (Å²) in [7, 11) is 0. The first-order valence-electron chi connectivity index (χ1n) is 5.57. The van der Waals surface area contributed by atoms with Crippen molar-refractivity contribution < 1.29 is 9.53 Å². The average molecular weight is 214 g/mol. The molecule has 1 aliphatic rings. The Morgan fingerprint density at radius 1 is 1.47 bits per heavy atom. The second kappa shape index (κ2) is 4.94. The van der Waals surface area contributed by atoms with Gasteiger partial charge in [-0.2, -0.15) is 0 Å². The minimum absolute atomic E-state index is 0.0675. The molecule has 0 aromatic rings. The lowest BCUT2D eigenvalue weighted by Crippen LogP contribution is -2.40. The first kappa shape index (κ1) is 12.5. The van der Waals surface area contributed by atoms with Gasteiger partial charge in [0.25, 0.3) is 0 Å². The van der Waals surface area contributed by atoms with Crippen molar-refractivity contribution in [2.45, 2.75) is 45.3 Å². The summed E-state index contributed by atoms with van der Waals surface area (Å²) in [4.78, 5) is 13.7. The lowest BCUT2D eigenvalue weighted by molar-refractivity contribution is -0.141. The van der Waals surface area contributed by atoms with Crippen LogP contribution in [-0.2, 0) is 9.53 Å². The molecule has 15 heavy (non-hydrogen) atoms. The molecule has 0 atom stereocenters. The fourth-order valence-corrected chi connectivity index (χ4v) is 1.40. The number of nitrogens with zero attached hydrogens (tertiary/aromatic N) is 1. The van der Waals surface area contributed by atoms with Gasteiger partial charge in [-0.15, -0.1) is 0 Å². The Kier molecular flexibility index (Phi) is 4.11. The molecule has 0 saturated heterocycles. The van der Waals surface area contributed by atoms with Crippen LogP contribution in [0.15, 0.2) is 0 Å².